The first kappa shape index (κ1) is 13.4. The van der Waals surface area contributed by atoms with Gasteiger partial charge in [0.2, 0.25) is 5.91 Å². The summed E-state index contributed by atoms with van der Waals surface area (Å²) in [6.45, 7) is 7.94. The molecule has 0 spiro atoms. The number of nitrogens with zero attached hydrogens (tertiary/aromatic N) is 1. The lowest BCUT2D eigenvalue weighted by atomic mass is 9.80. The molecule has 0 radical (unpaired) electrons. The smallest absolute Gasteiger partial charge is 0.226 e. The summed E-state index contributed by atoms with van der Waals surface area (Å²) in [5.41, 5.74) is 1.16. The van der Waals surface area contributed by atoms with Crippen LogP contribution in [0.1, 0.15) is 32.8 Å². The molecule has 1 aliphatic heterocycles. The van der Waals surface area contributed by atoms with Crippen molar-refractivity contribution in [1.82, 2.24) is 4.90 Å². The average molecular weight is 266 g/mol. The molecule has 0 saturated carbocycles. The van der Waals surface area contributed by atoms with Crippen molar-refractivity contribution in [2.45, 2.75) is 33.7 Å². The van der Waals surface area contributed by atoms with Gasteiger partial charge in [0, 0.05) is 24.0 Å². The summed E-state index contributed by atoms with van der Waals surface area (Å²) in [7, 11) is 0. The second kappa shape index (κ2) is 4.93. The van der Waals surface area contributed by atoms with Crippen LogP contribution in [0.25, 0.3) is 0 Å². The molecule has 1 heterocycles. The van der Waals surface area contributed by atoms with Gasteiger partial charge in [-0.15, -0.1) is 0 Å². The van der Waals surface area contributed by atoms with Gasteiger partial charge < -0.3 is 4.90 Å². The maximum absolute atomic E-state index is 12.3. The monoisotopic (exact) mass is 265 g/mol. The predicted molar refractivity (Wildman–Crippen MR) is 74.4 cm³/mol. The van der Waals surface area contributed by atoms with Gasteiger partial charge in [-0.3, -0.25) is 4.79 Å². The molecule has 2 nitrogen and oxygen atoms in total. The first-order chi connectivity index (χ1) is 8.38. The van der Waals surface area contributed by atoms with E-state index in [1.54, 1.807) is 0 Å². The van der Waals surface area contributed by atoms with Crippen LogP contribution in [-0.2, 0) is 11.3 Å². The second-order valence-electron chi connectivity index (χ2n) is 6.10. The molecular formula is C15H20ClNO. The van der Waals surface area contributed by atoms with Gasteiger partial charge in [-0.2, -0.15) is 0 Å². The van der Waals surface area contributed by atoms with Crippen molar-refractivity contribution in [2.75, 3.05) is 6.54 Å². The fourth-order valence-corrected chi connectivity index (χ4v) is 2.77. The third-order valence-electron chi connectivity index (χ3n) is 3.61. The molecule has 1 unspecified atom stereocenters. The zero-order chi connectivity index (χ0) is 13.3. The first-order valence-corrected chi connectivity index (χ1v) is 6.79. The molecule has 2 rings (SSSR count). The summed E-state index contributed by atoms with van der Waals surface area (Å²) in [4.78, 5) is 14.3. The third kappa shape index (κ3) is 2.86. The highest BCUT2D eigenvalue weighted by Gasteiger charge is 2.39. The minimum Gasteiger partial charge on any atom is -0.338 e. The molecule has 1 aromatic carbocycles. The van der Waals surface area contributed by atoms with E-state index in [1.807, 2.05) is 29.2 Å². The first-order valence-electron chi connectivity index (χ1n) is 6.41. The molecule has 98 valence electrons. The minimum atomic E-state index is 0.0557. The Labute approximate surface area is 114 Å². The third-order valence-corrected chi connectivity index (χ3v) is 3.84. The molecule has 18 heavy (non-hydrogen) atoms. The topological polar surface area (TPSA) is 20.3 Å². The van der Waals surface area contributed by atoms with E-state index < -0.39 is 0 Å². The molecule has 3 heteroatoms. The van der Waals surface area contributed by atoms with Gasteiger partial charge in [-0.05, 0) is 29.5 Å². The van der Waals surface area contributed by atoms with E-state index in [9.17, 15) is 4.79 Å². The van der Waals surface area contributed by atoms with Gasteiger partial charge in [0.25, 0.3) is 0 Å². The Kier molecular flexibility index (Phi) is 3.67. The number of halogens is 1. The molecule has 1 fully saturated rings. The van der Waals surface area contributed by atoms with Crippen molar-refractivity contribution in [3.8, 4) is 0 Å². The number of carbonyl (C=O) groups is 1. The lowest BCUT2D eigenvalue weighted by Crippen LogP contribution is -2.32. The molecule has 0 N–H and O–H groups in total. The minimum absolute atomic E-state index is 0.0557. The molecule has 0 aromatic heterocycles. The van der Waals surface area contributed by atoms with Crippen molar-refractivity contribution in [3.05, 3.63) is 34.9 Å². The molecule has 0 aliphatic carbocycles. The van der Waals surface area contributed by atoms with Crippen LogP contribution in [0.5, 0.6) is 0 Å². The summed E-state index contributed by atoms with van der Waals surface area (Å²) in [5, 5.41) is 0.728. The standard InChI is InChI=1S/C15H20ClNO/c1-15(2,3)13-7-8-17(14(13)18)10-11-5-4-6-12(16)9-11/h4-6,9,13H,7-8,10H2,1-3H3. The van der Waals surface area contributed by atoms with E-state index in [0.29, 0.717) is 6.54 Å². The average Bonchev–Trinajstić information content (AvgIpc) is 2.60. The van der Waals surface area contributed by atoms with Crippen molar-refractivity contribution >= 4 is 17.5 Å². The Bertz CT molecular complexity index is 450. The van der Waals surface area contributed by atoms with Crippen molar-refractivity contribution in [2.24, 2.45) is 11.3 Å². The zero-order valence-corrected chi connectivity index (χ0v) is 12.0. The molecule has 1 aliphatic rings. The van der Waals surface area contributed by atoms with E-state index in [1.165, 1.54) is 0 Å². The highest BCUT2D eigenvalue weighted by atomic mass is 35.5. The number of hydrogen-bond donors (Lipinski definition) is 0. The van der Waals surface area contributed by atoms with E-state index in [-0.39, 0.29) is 17.2 Å². The maximum atomic E-state index is 12.3. The van der Waals surface area contributed by atoms with Gasteiger partial charge in [-0.1, -0.05) is 44.5 Å². The molecule has 1 saturated heterocycles. The van der Waals surface area contributed by atoms with Crippen molar-refractivity contribution < 1.29 is 4.79 Å². The van der Waals surface area contributed by atoms with Crippen LogP contribution in [0.2, 0.25) is 5.02 Å². The largest absolute Gasteiger partial charge is 0.338 e. The lowest BCUT2D eigenvalue weighted by molar-refractivity contribution is -0.134. The summed E-state index contributed by atoms with van der Waals surface area (Å²) in [6.07, 6.45) is 0.961. The van der Waals surface area contributed by atoms with Gasteiger partial charge in [0.15, 0.2) is 0 Å². The van der Waals surface area contributed by atoms with Crippen molar-refractivity contribution in [3.63, 3.8) is 0 Å². The maximum Gasteiger partial charge on any atom is 0.226 e. The number of benzene rings is 1. The molecule has 1 aromatic rings. The van der Waals surface area contributed by atoms with Crippen LogP contribution >= 0.6 is 11.6 Å². The number of likely N-dealkylation sites (tertiary alicyclic amines) is 1. The van der Waals surface area contributed by atoms with E-state index in [0.717, 1.165) is 23.6 Å². The Balaban J connectivity index is 2.07. The van der Waals surface area contributed by atoms with Gasteiger partial charge in [0.05, 0.1) is 0 Å². The van der Waals surface area contributed by atoms with E-state index in [4.69, 9.17) is 11.6 Å². The Morgan fingerprint density at radius 3 is 2.67 bits per heavy atom. The normalized spacial score (nSPS) is 20.6. The van der Waals surface area contributed by atoms with Gasteiger partial charge in [0.1, 0.15) is 0 Å². The SMILES string of the molecule is CC(C)(C)C1CCN(Cc2cccc(Cl)c2)C1=O. The van der Waals surface area contributed by atoms with Crippen LogP contribution in [0.15, 0.2) is 24.3 Å². The zero-order valence-electron chi connectivity index (χ0n) is 11.2. The van der Waals surface area contributed by atoms with E-state index >= 15 is 0 Å². The van der Waals surface area contributed by atoms with Crippen LogP contribution < -0.4 is 0 Å². The van der Waals surface area contributed by atoms with Crippen LogP contribution in [0.4, 0.5) is 0 Å². The van der Waals surface area contributed by atoms with Crippen LogP contribution in [0.3, 0.4) is 0 Å². The predicted octanol–water partition coefficient (Wildman–Crippen LogP) is 3.73. The summed E-state index contributed by atoms with van der Waals surface area (Å²) in [5.74, 6) is 0.430. The summed E-state index contributed by atoms with van der Waals surface area (Å²) < 4.78 is 0. The van der Waals surface area contributed by atoms with Crippen LogP contribution in [0, 0.1) is 11.3 Å². The Morgan fingerprint density at radius 2 is 2.11 bits per heavy atom. The Morgan fingerprint density at radius 1 is 1.39 bits per heavy atom. The number of carbonyl (C=O) groups excluding carboxylic acids is 1. The fraction of sp³-hybridized carbons (Fsp3) is 0.533. The van der Waals surface area contributed by atoms with Crippen LogP contribution in [-0.4, -0.2) is 17.4 Å². The van der Waals surface area contributed by atoms with Gasteiger partial charge in [-0.25, -0.2) is 0 Å². The number of hydrogen-bond acceptors (Lipinski definition) is 1. The lowest BCUT2D eigenvalue weighted by Gasteiger charge is -2.25. The highest BCUT2D eigenvalue weighted by molar-refractivity contribution is 6.30. The molecular weight excluding hydrogens is 246 g/mol. The number of rotatable bonds is 2. The molecule has 1 atom stereocenters. The molecule has 1 amide bonds. The Hall–Kier alpha value is -1.02. The van der Waals surface area contributed by atoms with E-state index in [2.05, 4.69) is 20.8 Å². The molecule has 0 bridgehead atoms. The number of amides is 1. The summed E-state index contributed by atoms with van der Waals surface area (Å²) >= 11 is 5.96. The fourth-order valence-electron chi connectivity index (χ4n) is 2.56. The quantitative estimate of drug-likeness (QED) is 0.798. The highest BCUT2D eigenvalue weighted by Crippen LogP contribution is 2.35. The second-order valence-corrected chi connectivity index (χ2v) is 6.53. The summed E-state index contributed by atoms with van der Waals surface area (Å²) in [6, 6.07) is 7.73. The van der Waals surface area contributed by atoms with Gasteiger partial charge >= 0.3 is 0 Å². The van der Waals surface area contributed by atoms with Crippen molar-refractivity contribution in [1.29, 1.82) is 0 Å².